The summed E-state index contributed by atoms with van der Waals surface area (Å²) in [5, 5.41) is 15.5. The predicted molar refractivity (Wildman–Crippen MR) is 77.5 cm³/mol. The molecule has 1 saturated carbocycles. The molecule has 0 bridgehead atoms. The van der Waals surface area contributed by atoms with Crippen molar-refractivity contribution in [3.8, 4) is 0 Å². The van der Waals surface area contributed by atoms with Crippen molar-refractivity contribution in [1.82, 2.24) is 10.6 Å². The van der Waals surface area contributed by atoms with E-state index in [-0.39, 0.29) is 24.6 Å². The Labute approximate surface area is 122 Å². The first-order valence-corrected chi connectivity index (χ1v) is 7.70. The van der Waals surface area contributed by atoms with Crippen LogP contribution < -0.4 is 10.6 Å². The lowest BCUT2D eigenvalue weighted by Crippen LogP contribution is -2.49. The summed E-state index contributed by atoms with van der Waals surface area (Å²) in [7, 11) is 0. The zero-order valence-corrected chi connectivity index (χ0v) is 12.3. The van der Waals surface area contributed by atoms with Gasteiger partial charge in [-0.05, 0) is 25.0 Å². The van der Waals surface area contributed by atoms with Crippen LogP contribution in [0.25, 0.3) is 0 Å². The number of aliphatic hydroxyl groups excluding tert-OH is 1. The Morgan fingerprint density at radius 3 is 2.74 bits per heavy atom. The largest absolute Gasteiger partial charge is 0.394 e. The van der Waals surface area contributed by atoms with Gasteiger partial charge in [0.2, 0.25) is 5.91 Å². The highest BCUT2D eigenvalue weighted by molar-refractivity contribution is 7.16. The molecule has 0 aromatic carbocycles. The molecule has 1 amide bonds. The van der Waals surface area contributed by atoms with E-state index in [1.165, 1.54) is 11.3 Å². The fourth-order valence-corrected chi connectivity index (χ4v) is 3.43. The number of halogens is 1. The zero-order chi connectivity index (χ0) is 13.7. The molecular formula is C13H19ClN2O2S. The van der Waals surface area contributed by atoms with Crippen LogP contribution in [0.1, 0.15) is 30.6 Å². The number of carbonyl (C=O) groups excluding carboxylic acids is 1. The van der Waals surface area contributed by atoms with Gasteiger partial charge >= 0.3 is 0 Å². The van der Waals surface area contributed by atoms with E-state index in [0.29, 0.717) is 6.54 Å². The molecule has 0 saturated heterocycles. The quantitative estimate of drug-likeness (QED) is 0.752. The van der Waals surface area contributed by atoms with Gasteiger partial charge in [-0.3, -0.25) is 4.79 Å². The monoisotopic (exact) mass is 302 g/mol. The average Bonchev–Trinajstić information content (AvgIpc) is 3.04. The normalized spacial score (nSPS) is 17.6. The number of carbonyl (C=O) groups is 1. The standard InChI is InChI=1S/C13H19ClN2O2S/c14-11-4-3-10(19-11)7-15-12(18)8-16-13(9-17)5-1-2-6-13/h3-4,16-17H,1-2,5-9H2,(H,15,18). The highest BCUT2D eigenvalue weighted by Gasteiger charge is 2.32. The number of rotatable bonds is 6. The highest BCUT2D eigenvalue weighted by atomic mass is 35.5. The van der Waals surface area contributed by atoms with Crippen molar-refractivity contribution in [1.29, 1.82) is 0 Å². The van der Waals surface area contributed by atoms with Crippen molar-refractivity contribution in [2.45, 2.75) is 37.8 Å². The summed E-state index contributed by atoms with van der Waals surface area (Å²) in [5.41, 5.74) is -0.246. The van der Waals surface area contributed by atoms with Gasteiger partial charge in [0.25, 0.3) is 0 Å². The first-order chi connectivity index (χ1) is 9.13. The van der Waals surface area contributed by atoms with Crippen LogP contribution in [0, 0.1) is 0 Å². The molecule has 1 aliphatic carbocycles. The van der Waals surface area contributed by atoms with E-state index in [0.717, 1.165) is 34.9 Å². The number of thiophene rings is 1. The highest BCUT2D eigenvalue weighted by Crippen LogP contribution is 2.28. The van der Waals surface area contributed by atoms with Crippen LogP contribution in [0.3, 0.4) is 0 Å². The molecule has 0 atom stereocenters. The van der Waals surface area contributed by atoms with Gasteiger partial charge in [-0.25, -0.2) is 0 Å². The molecule has 1 fully saturated rings. The number of hydrogen-bond acceptors (Lipinski definition) is 4. The van der Waals surface area contributed by atoms with E-state index in [4.69, 9.17) is 11.6 Å². The number of amides is 1. The lowest BCUT2D eigenvalue weighted by molar-refractivity contribution is -0.120. The Morgan fingerprint density at radius 2 is 2.16 bits per heavy atom. The zero-order valence-electron chi connectivity index (χ0n) is 10.7. The van der Waals surface area contributed by atoms with Crippen molar-refractivity contribution in [3.63, 3.8) is 0 Å². The number of hydrogen-bond donors (Lipinski definition) is 3. The Morgan fingerprint density at radius 1 is 1.42 bits per heavy atom. The van der Waals surface area contributed by atoms with Crippen molar-refractivity contribution in [3.05, 3.63) is 21.3 Å². The van der Waals surface area contributed by atoms with Gasteiger partial charge in [-0.2, -0.15) is 0 Å². The van der Waals surface area contributed by atoms with Gasteiger partial charge in [0.05, 0.1) is 24.0 Å². The lowest BCUT2D eigenvalue weighted by atomic mass is 9.99. The van der Waals surface area contributed by atoms with E-state index < -0.39 is 0 Å². The molecule has 106 valence electrons. The summed E-state index contributed by atoms with van der Waals surface area (Å²) in [6, 6.07) is 3.73. The van der Waals surface area contributed by atoms with Gasteiger partial charge in [0.1, 0.15) is 0 Å². The van der Waals surface area contributed by atoms with Crippen molar-refractivity contribution in [2.75, 3.05) is 13.2 Å². The minimum absolute atomic E-state index is 0.0516. The molecule has 2 rings (SSSR count). The summed E-state index contributed by atoms with van der Waals surface area (Å²) in [6.07, 6.45) is 4.11. The maximum absolute atomic E-state index is 11.8. The SMILES string of the molecule is O=C(CNC1(CO)CCCC1)NCc1ccc(Cl)s1. The Balaban J connectivity index is 1.72. The van der Waals surface area contributed by atoms with Gasteiger partial charge < -0.3 is 15.7 Å². The van der Waals surface area contributed by atoms with Crippen LogP contribution in [-0.2, 0) is 11.3 Å². The topological polar surface area (TPSA) is 61.4 Å². The van der Waals surface area contributed by atoms with Gasteiger partial charge in [0, 0.05) is 10.4 Å². The van der Waals surface area contributed by atoms with E-state index in [1.807, 2.05) is 12.1 Å². The van der Waals surface area contributed by atoms with E-state index in [1.54, 1.807) is 0 Å². The summed E-state index contributed by atoms with van der Waals surface area (Å²) in [4.78, 5) is 12.8. The van der Waals surface area contributed by atoms with Crippen LogP contribution in [0.5, 0.6) is 0 Å². The fraction of sp³-hybridized carbons (Fsp3) is 0.615. The molecule has 0 aliphatic heterocycles. The molecule has 4 nitrogen and oxygen atoms in total. The van der Waals surface area contributed by atoms with Crippen LogP contribution in [-0.4, -0.2) is 29.7 Å². The average molecular weight is 303 g/mol. The molecule has 1 aromatic heterocycles. The van der Waals surface area contributed by atoms with Crippen molar-refractivity contribution >= 4 is 28.8 Å². The maximum Gasteiger partial charge on any atom is 0.234 e. The third kappa shape index (κ3) is 4.18. The van der Waals surface area contributed by atoms with Crippen LogP contribution in [0.4, 0.5) is 0 Å². The molecule has 1 aromatic rings. The van der Waals surface area contributed by atoms with E-state index >= 15 is 0 Å². The molecule has 6 heteroatoms. The Kier molecular flexibility index (Phi) is 5.21. The third-order valence-corrected chi connectivity index (χ3v) is 4.81. The molecule has 3 N–H and O–H groups in total. The molecule has 19 heavy (non-hydrogen) atoms. The molecule has 0 unspecified atom stereocenters. The predicted octanol–water partition coefficient (Wildman–Crippen LogP) is 1.91. The van der Waals surface area contributed by atoms with Gasteiger partial charge in [-0.1, -0.05) is 24.4 Å². The minimum Gasteiger partial charge on any atom is -0.394 e. The smallest absolute Gasteiger partial charge is 0.234 e. The second-order valence-electron chi connectivity index (χ2n) is 4.98. The first-order valence-electron chi connectivity index (χ1n) is 6.50. The number of aliphatic hydroxyl groups is 1. The molecule has 0 radical (unpaired) electrons. The van der Waals surface area contributed by atoms with Crippen molar-refractivity contribution < 1.29 is 9.90 Å². The molecule has 1 heterocycles. The molecule has 0 spiro atoms. The summed E-state index contributed by atoms with van der Waals surface area (Å²) >= 11 is 7.29. The second kappa shape index (κ2) is 6.70. The summed E-state index contributed by atoms with van der Waals surface area (Å²) in [5.74, 6) is -0.0516. The van der Waals surface area contributed by atoms with Crippen LogP contribution in [0.15, 0.2) is 12.1 Å². The molecular weight excluding hydrogens is 284 g/mol. The van der Waals surface area contributed by atoms with Crippen LogP contribution >= 0.6 is 22.9 Å². The minimum atomic E-state index is -0.246. The Bertz CT molecular complexity index is 430. The van der Waals surface area contributed by atoms with Crippen LogP contribution in [0.2, 0.25) is 4.34 Å². The fourth-order valence-electron chi connectivity index (χ4n) is 2.41. The van der Waals surface area contributed by atoms with Gasteiger partial charge in [-0.15, -0.1) is 11.3 Å². The maximum atomic E-state index is 11.8. The van der Waals surface area contributed by atoms with Crippen molar-refractivity contribution in [2.24, 2.45) is 0 Å². The van der Waals surface area contributed by atoms with E-state index in [2.05, 4.69) is 10.6 Å². The summed E-state index contributed by atoms with van der Waals surface area (Å²) in [6.45, 7) is 0.852. The Hall–Kier alpha value is -0.620. The van der Waals surface area contributed by atoms with Gasteiger partial charge in [0.15, 0.2) is 0 Å². The second-order valence-corrected chi connectivity index (χ2v) is 6.78. The lowest BCUT2D eigenvalue weighted by Gasteiger charge is -2.27. The summed E-state index contributed by atoms with van der Waals surface area (Å²) < 4.78 is 0.729. The number of nitrogens with one attached hydrogen (secondary N) is 2. The van der Waals surface area contributed by atoms with E-state index in [9.17, 15) is 9.90 Å². The molecule has 1 aliphatic rings. The first kappa shape index (κ1) is 14.8. The third-order valence-electron chi connectivity index (χ3n) is 3.58.